The number of rotatable bonds is 5. The molecule has 2 aromatic heterocycles. The monoisotopic (exact) mass is 332 g/mol. The smallest absolute Gasteiger partial charge is 0.263 e. The average molecular weight is 332 g/mol. The number of fused-ring (bicyclic) bond motifs is 1. The first-order valence-corrected chi connectivity index (χ1v) is 7.88. The summed E-state index contributed by atoms with van der Waals surface area (Å²) in [6, 6.07) is 17.8. The van der Waals surface area contributed by atoms with Gasteiger partial charge in [-0.2, -0.15) is 4.98 Å². The zero-order valence-electron chi connectivity index (χ0n) is 13.6. The molecule has 0 bridgehead atoms. The standard InChI is InChI=1S/C19H16N4O2/c1-24-15-9-5-8-14(10-15)17-16-18(21-12-22-19(16)25-23-17)20-11-13-6-3-2-4-7-13/h2-10,12H,11H2,1H3,(H,20,21,22). The third-order valence-corrected chi connectivity index (χ3v) is 3.92. The highest BCUT2D eigenvalue weighted by molar-refractivity contribution is 5.97. The van der Waals surface area contributed by atoms with Gasteiger partial charge >= 0.3 is 0 Å². The van der Waals surface area contributed by atoms with Crippen molar-refractivity contribution in [2.24, 2.45) is 0 Å². The number of hydrogen-bond donors (Lipinski definition) is 1. The van der Waals surface area contributed by atoms with E-state index in [9.17, 15) is 0 Å². The lowest BCUT2D eigenvalue weighted by atomic mass is 10.1. The maximum absolute atomic E-state index is 5.39. The fraction of sp³-hybridized carbons (Fsp3) is 0.105. The van der Waals surface area contributed by atoms with E-state index in [1.165, 1.54) is 6.33 Å². The minimum atomic E-state index is 0.448. The minimum Gasteiger partial charge on any atom is -0.497 e. The molecule has 0 fully saturated rings. The van der Waals surface area contributed by atoms with E-state index >= 15 is 0 Å². The molecule has 2 heterocycles. The maximum Gasteiger partial charge on any atom is 0.263 e. The second kappa shape index (κ2) is 6.60. The molecule has 0 saturated heterocycles. The fourth-order valence-electron chi connectivity index (χ4n) is 2.67. The Bertz CT molecular complexity index is 999. The maximum atomic E-state index is 5.39. The average Bonchev–Trinajstić information content (AvgIpc) is 3.12. The van der Waals surface area contributed by atoms with Crippen molar-refractivity contribution < 1.29 is 9.26 Å². The molecule has 0 atom stereocenters. The van der Waals surface area contributed by atoms with Gasteiger partial charge in [0, 0.05) is 12.1 Å². The Morgan fingerprint density at radius 3 is 2.76 bits per heavy atom. The van der Waals surface area contributed by atoms with Crippen molar-refractivity contribution >= 4 is 16.9 Å². The SMILES string of the molecule is COc1cccc(-c2noc3ncnc(NCc4ccccc4)c23)c1. The number of nitrogens with one attached hydrogen (secondary N) is 1. The van der Waals surface area contributed by atoms with Crippen LogP contribution in [0.4, 0.5) is 5.82 Å². The van der Waals surface area contributed by atoms with E-state index < -0.39 is 0 Å². The van der Waals surface area contributed by atoms with E-state index in [0.29, 0.717) is 23.8 Å². The summed E-state index contributed by atoms with van der Waals surface area (Å²) in [4.78, 5) is 8.54. The van der Waals surface area contributed by atoms with Crippen LogP contribution >= 0.6 is 0 Å². The Kier molecular flexibility index (Phi) is 4.00. The number of ether oxygens (including phenoxy) is 1. The molecule has 0 aliphatic heterocycles. The van der Waals surface area contributed by atoms with E-state index in [-0.39, 0.29) is 0 Å². The Morgan fingerprint density at radius 1 is 1.04 bits per heavy atom. The molecule has 0 unspecified atom stereocenters. The van der Waals surface area contributed by atoms with Gasteiger partial charge in [-0.25, -0.2) is 4.98 Å². The molecule has 2 aromatic carbocycles. The van der Waals surface area contributed by atoms with E-state index in [2.05, 4.69) is 32.6 Å². The summed E-state index contributed by atoms with van der Waals surface area (Å²) < 4.78 is 10.7. The lowest BCUT2D eigenvalue weighted by molar-refractivity contribution is 0.415. The number of benzene rings is 2. The van der Waals surface area contributed by atoms with Crippen LogP contribution in [0.1, 0.15) is 5.56 Å². The van der Waals surface area contributed by atoms with Crippen LogP contribution < -0.4 is 10.1 Å². The summed E-state index contributed by atoms with van der Waals surface area (Å²) in [7, 11) is 1.63. The highest BCUT2D eigenvalue weighted by atomic mass is 16.5. The topological polar surface area (TPSA) is 73.1 Å². The van der Waals surface area contributed by atoms with Crippen LogP contribution in [0.15, 0.2) is 65.4 Å². The van der Waals surface area contributed by atoms with Gasteiger partial charge in [-0.05, 0) is 17.7 Å². The van der Waals surface area contributed by atoms with Crippen LogP contribution in [-0.4, -0.2) is 22.2 Å². The molecule has 0 aliphatic rings. The molecule has 124 valence electrons. The quantitative estimate of drug-likeness (QED) is 0.597. The molecule has 0 radical (unpaired) electrons. The Hall–Kier alpha value is -3.41. The first kappa shape index (κ1) is 15.1. The molecule has 0 amide bonds. The van der Waals surface area contributed by atoms with Crippen LogP contribution in [0.2, 0.25) is 0 Å². The zero-order chi connectivity index (χ0) is 17.1. The van der Waals surface area contributed by atoms with Crippen molar-refractivity contribution in [2.45, 2.75) is 6.54 Å². The van der Waals surface area contributed by atoms with Crippen LogP contribution in [0.25, 0.3) is 22.4 Å². The van der Waals surface area contributed by atoms with E-state index in [1.807, 2.05) is 42.5 Å². The van der Waals surface area contributed by atoms with Gasteiger partial charge in [0.1, 0.15) is 29.0 Å². The highest BCUT2D eigenvalue weighted by Gasteiger charge is 2.17. The lowest BCUT2D eigenvalue weighted by Gasteiger charge is -2.07. The first-order valence-electron chi connectivity index (χ1n) is 7.88. The molecule has 1 N–H and O–H groups in total. The van der Waals surface area contributed by atoms with Crippen LogP contribution in [0, 0.1) is 0 Å². The summed E-state index contributed by atoms with van der Waals surface area (Å²) >= 11 is 0. The van der Waals surface area contributed by atoms with Gasteiger partial charge in [-0.1, -0.05) is 47.6 Å². The van der Waals surface area contributed by atoms with Gasteiger partial charge in [0.25, 0.3) is 5.71 Å². The van der Waals surface area contributed by atoms with E-state index in [1.54, 1.807) is 7.11 Å². The van der Waals surface area contributed by atoms with Gasteiger partial charge in [0.15, 0.2) is 0 Å². The fourth-order valence-corrected chi connectivity index (χ4v) is 2.67. The summed E-state index contributed by atoms with van der Waals surface area (Å²) in [5, 5.41) is 8.29. The summed E-state index contributed by atoms with van der Waals surface area (Å²) in [6.45, 7) is 0.648. The number of hydrogen-bond acceptors (Lipinski definition) is 6. The third-order valence-electron chi connectivity index (χ3n) is 3.92. The molecule has 4 aromatic rings. The molecule has 4 rings (SSSR count). The van der Waals surface area contributed by atoms with E-state index in [0.717, 1.165) is 22.3 Å². The number of nitrogens with zero attached hydrogens (tertiary/aromatic N) is 3. The molecular weight excluding hydrogens is 316 g/mol. The largest absolute Gasteiger partial charge is 0.497 e. The highest BCUT2D eigenvalue weighted by Crippen LogP contribution is 2.32. The molecule has 0 saturated carbocycles. The Labute approximate surface area is 144 Å². The summed E-state index contributed by atoms with van der Waals surface area (Å²) in [6.07, 6.45) is 1.47. The molecular formula is C19H16N4O2. The Balaban J connectivity index is 1.74. The van der Waals surface area contributed by atoms with Gasteiger partial charge in [0.05, 0.1) is 7.11 Å². The molecule has 0 spiro atoms. The van der Waals surface area contributed by atoms with Crippen LogP contribution in [0.3, 0.4) is 0 Å². The van der Waals surface area contributed by atoms with Crippen molar-refractivity contribution in [3.8, 4) is 17.0 Å². The van der Waals surface area contributed by atoms with Gasteiger partial charge < -0.3 is 14.6 Å². The third kappa shape index (κ3) is 3.01. The Morgan fingerprint density at radius 2 is 1.92 bits per heavy atom. The van der Waals surface area contributed by atoms with Crippen molar-refractivity contribution in [2.75, 3.05) is 12.4 Å². The van der Waals surface area contributed by atoms with E-state index in [4.69, 9.17) is 9.26 Å². The number of methoxy groups -OCH3 is 1. The van der Waals surface area contributed by atoms with Gasteiger partial charge in [-0.15, -0.1) is 0 Å². The lowest BCUT2D eigenvalue weighted by Crippen LogP contribution is -2.02. The molecule has 6 heteroatoms. The number of aromatic nitrogens is 3. The summed E-state index contributed by atoms with van der Waals surface area (Å²) in [5.41, 5.74) is 3.18. The first-order chi connectivity index (χ1) is 12.3. The van der Waals surface area contributed by atoms with Gasteiger partial charge in [0.2, 0.25) is 0 Å². The predicted molar refractivity (Wildman–Crippen MR) is 95.4 cm³/mol. The van der Waals surface area contributed by atoms with Gasteiger partial charge in [-0.3, -0.25) is 0 Å². The molecule has 6 nitrogen and oxygen atoms in total. The number of anilines is 1. The molecule has 25 heavy (non-hydrogen) atoms. The van der Waals surface area contributed by atoms with Crippen molar-refractivity contribution in [3.63, 3.8) is 0 Å². The van der Waals surface area contributed by atoms with Crippen molar-refractivity contribution in [3.05, 3.63) is 66.5 Å². The minimum absolute atomic E-state index is 0.448. The van der Waals surface area contributed by atoms with Crippen molar-refractivity contribution in [1.29, 1.82) is 0 Å². The normalized spacial score (nSPS) is 10.8. The summed E-state index contributed by atoms with van der Waals surface area (Å²) in [5.74, 6) is 1.44. The predicted octanol–water partition coefficient (Wildman–Crippen LogP) is 3.91. The van der Waals surface area contributed by atoms with Crippen LogP contribution in [0.5, 0.6) is 5.75 Å². The molecule has 0 aliphatic carbocycles. The second-order valence-corrected chi connectivity index (χ2v) is 5.50. The van der Waals surface area contributed by atoms with Crippen molar-refractivity contribution in [1.82, 2.24) is 15.1 Å². The zero-order valence-corrected chi connectivity index (χ0v) is 13.6. The second-order valence-electron chi connectivity index (χ2n) is 5.50. The van der Waals surface area contributed by atoms with Crippen LogP contribution in [-0.2, 0) is 6.54 Å².